The highest BCUT2D eigenvalue weighted by Crippen LogP contribution is 2.16. The van der Waals surface area contributed by atoms with Crippen LogP contribution in [0.3, 0.4) is 0 Å². The van der Waals surface area contributed by atoms with Gasteiger partial charge in [0, 0.05) is 0 Å². The third kappa shape index (κ3) is 5.43. The number of benzene rings is 2. The van der Waals surface area contributed by atoms with Gasteiger partial charge in [0.05, 0.1) is 12.8 Å². The van der Waals surface area contributed by atoms with E-state index in [1.807, 2.05) is 63.2 Å². The summed E-state index contributed by atoms with van der Waals surface area (Å²) in [6, 6.07) is 13.2. The first kappa shape index (κ1) is 17.5. The smallest absolute Gasteiger partial charge is 0.277 e. The minimum absolute atomic E-state index is 0.0802. The lowest BCUT2D eigenvalue weighted by molar-refractivity contribution is -0.123. The Hall–Kier alpha value is -2.82. The maximum absolute atomic E-state index is 11.7. The molecule has 0 fully saturated rings. The van der Waals surface area contributed by atoms with Gasteiger partial charge in [-0.2, -0.15) is 5.10 Å². The van der Waals surface area contributed by atoms with E-state index in [4.69, 9.17) is 9.47 Å². The van der Waals surface area contributed by atoms with Crippen LogP contribution in [0.5, 0.6) is 11.5 Å². The van der Waals surface area contributed by atoms with Crippen molar-refractivity contribution in [2.24, 2.45) is 5.10 Å². The van der Waals surface area contributed by atoms with E-state index in [0.717, 1.165) is 16.9 Å². The molecule has 1 N–H and O–H groups in total. The molecule has 0 aromatic heterocycles. The molecule has 0 spiro atoms. The Morgan fingerprint density at radius 1 is 1.04 bits per heavy atom. The number of hydrazone groups is 1. The molecule has 0 aliphatic carbocycles. The summed E-state index contributed by atoms with van der Waals surface area (Å²) in [5.41, 5.74) is 5.62. The van der Waals surface area contributed by atoms with E-state index in [0.29, 0.717) is 12.4 Å². The Labute approximate surface area is 142 Å². The molecule has 126 valence electrons. The third-order valence-electron chi connectivity index (χ3n) is 3.44. The van der Waals surface area contributed by atoms with Crippen LogP contribution in [0.1, 0.15) is 23.6 Å². The lowest BCUT2D eigenvalue weighted by Crippen LogP contribution is -2.24. The number of carbonyl (C=O) groups is 1. The first-order valence-electron chi connectivity index (χ1n) is 7.83. The molecule has 0 unspecified atom stereocenters. The summed E-state index contributed by atoms with van der Waals surface area (Å²) >= 11 is 0. The summed E-state index contributed by atoms with van der Waals surface area (Å²) in [7, 11) is 0. The maximum atomic E-state index is 11.7. The van der Waals surface area contributed by atoms with Crippen molar-refractivity contribution >= 4 is 12.1 Å². The van der Waals surface area contributed by atoms with E-state index >= 15 is 0 Å². The fraction of sp³-hybridized carbons (Fsp3) is 0.263. The van der Waals surface area contributed by atoms with Gasteiger partial charge in [-0.15, -0.1) is 0 Å². The number of amides is 1. The molecule has 0 saturated heterocycles. The topological polar surface area (TPSA) is 59.9 Å². The van der Waals surface area contributed by atoms with Crippen molar-refractivity contribution in [3.8, 4) is 11.5 Å². The number of hydrogen-bond donors (Lipinski definition) is 1. The van der Waals surface area contributed by atoms with Gasteiger partial charge in [0.25, 0.3) is 5.91 Å². The lowest BCUT2D eigenvalue weighted by Gasteiger charge is -2.07. The van der Waals surface area contributed by atoms with Crippen molar-refractivity contribution < 1.29 is 14.3 Å². The molecule has 2 rings (SSSR count). The molecule has 0 atom stereocenters. The van der Waals surface area contributed by atoms with Gasteiger partial charge >= 0.3 is 0 Å². The Morgan fingerprint density at radius 3 is 2.42 bits per heavy atom. The predicted octanol–water partition coefficient (Wildman–Crippen LogP) is 3.23. The van der Waals surface area contributed by atoms with Gasteiger partial charge in [-0.3, -0.25) is 4.79 Å². The summed E-state index contributed by atoms with van der Waals surface area (Å²) < 4.78 is 10.8. The fourth-order valence-corrected chi connectivity index (χ4v) is 1.98. The van der Waals surface area contributed by atoms with E-state index in [9.17, 15) is 4.79 Å². The maximum Gasteiger partial charge on any atom is 0.277 e. The van der Waals surface area contributed by atoms with Gasteiger partial charge in [0.2, 0.25) is 0 Å². The van der Waals surface area contributed by atoms with Crippen LogP contribution in [0.4, 0.5) is 0 Å². The molecule has 24 heavy (non-hydrogen) atoms. The second-order valence-electron chi connectivity index (χ2n) is 5.33. The molecular formula is C19H22N2O3. The van der Waals surface area contributed by atoms with Crippen LogP contribution in [-0.2, 0) is 4.79 Å². The summed E-state index contributed by atoms with van der Waals surface area (Å²) in [5, 5.41) is 3.92. The standard InChI is InChI=1S/C19H22N2O3/c1-4-23-17-9-6-16(7-10-17)12-20-21-19(22)13-24-18-8-5-14(2)15(3)11-18/h5-12H,4,13H2,1-3H3,(H,21,22)/b20-12+. The molecular weight excluding hydrogens is 304 g/mol. The second kappa shape index (κ2) is 8.72. The summed E-state index contributed by atoms with van der Waals surface area (Å²) in [5.74, 6) is 1.17. The van der Waals surface area contributed by atoms with Gasteiger partial charge in [0.1, 0.15) is 11.5 Å². The number of nitrogens with one attached hydrogen (secondary N) is 1. The van der Waals surface area contributed by atoms with E-state index in [2.05, 4.69) is 10.5 Å². The lowest BCUT2D eigenvalue weighted by atomic mass is 10.1. The minimum Gasteiger partial charge on any atom is -0.494 e. The summed E-state index contributed by atoms with van der Waals surface area (Å²) in [6.45, 7) is 6.52. The first-order chi connectivity index (χ1) is 11.6. The van der Waals surface area contributed by atoms with Crippen LogP contribution in [0.25, 0.3) is 0 Å². The van der Waals surface area contributed by atoms with Crippen molar-refractivity contribution in [2.75, 3.05) is 13.2 Å². The molecule has 0 bridgehead atoms. The summed E-state index contributed by atoms with van der Waals surface area (Å²) in [6.07, 6.45) is 1.57. The highest BCUT2D eigenvalue weighted by Gasteiger charge is 2.02. The minimum atomic E-state index is -0.310. The van der Waals surface area contributed by atoms with Crippen LogP contribution in [0.2, 0.25) is 0 Å². The molecule has 0 radical (unpaired) electrons. The number of ether oxygens (including phenoxy) is 2. The number of rotatable bonds is 7. The Balaban J connectivity index is 1.78. The SMILES string of the molecule is CCOc1ccc(/C=N/NC(=O)COc2ccc(C)c(C)c2)cc1. The fourth-order valence-electron chi connectivity index (χ4n) is 1.98. The average molecular weight is 326 g/mol. The third-order valence-corrected chi connectivity index (χ3v) is 3.44. The zero-order chi connectivity index (χ0) is 17.4. The van der Waals surface area contributed by atoms with Crippen LogP contribution in [0, 0.1) is 13.8 Å². The number of carbonyl (C=O) groups excluding carboxylic acids is 1. The van der Waals surface area contributed by atoms with Crippen molar-refractivity contribution in [3.05, 3.63) is 59.2 Å². The van der Waals surface area contributed by atoms with Gasteiger partial charge in [-0.05, 0) is 73.9 Å². The predicted molar refractivity (Wildman–Crippen MR) is 94.8 cm³/mol. The van der Waals surface area contributed by atoms with Gasteiger partial charge < -0.3 is 9.47 Å². The van der Waals surface area contributed by atoms with Crippen molar-refractivity contribution in [1.82, 2.24) is 5.43 Å². The Kier molecular flexibility index (Phi) is 6.37. The highest BCUT2D eigenvalue weighted by molar-refractivity contribution is 5.83. The van der Waals surface area contributed by atoms with Gasteiger partial charge in [-0.25, -0.2) is 5.43 Å². The normalized spacial score (nSPS) is 10.6. The van der Waals surface area contributed by atoms with E-state index in [1.165, 1.54) is 5.56 Å². The van der Waals surface area contributed by atoms with E-state index < -0.39 is 0 Å². The molecule has 1 amide bonds. The van der Waals surface area contributed by atoms with Crippen molar-refractivity contribution in [3.63, 3.8) is 0 Å². The monoisotopic (exact) mass is 326 g/mol. The highest BCUT2D eigenvalue weighted by atomic mass is 16.5. The molecule has 0 aliphatic rings. The zero-order valence-corrected chi connectivity index (χ0v) is 14.2. The first-order valence-corrected chi connectivity index (χ1v) is 7.83. The molecule has 2 aromatic rings. The average Bonchev–Trinajstić information content (AvgIpc) is 2.58. The molecule has 2 aromatic carbocycles. The number of nitrogens with zero attached hydrogens (tertiary/aromatic N) is 1. The number of aryl methyl sites for hydroxylation is 2. The molecule has 0 heterocycles. The number of hydrogen-bond acceptors (Lipinski definition) is 4. The van der Waals surface area contributed by atoms with Crippen molar-refractivity contribution in [1.29, 1.82) is 0 Å². The van der Waals surface area contributed by atoms with E-state index in [-0.39, 0.29) is 12.5 Å². The largest absolute Gasteiger partial charge is 0.494 e. The molecule has 5 heteroatoms. The summed E-state index contributed by atoms with van der Waals surface area (Å²) in [4.78, 5) is 11.7. The van der Waals surface area contributed by atoms with E-state index in [1.54, 1.807) is 6.21 Å². The van der Waals surface area contributed by atoms with Gasteiger partial charge in [-0.1, -0.05) is 6.07 Å². The molecule has 5 nitrogen and oxygen atoms in total. The van der Waals surface area contributed by atoms with Gasteiger partial charge in [0.15, 0.2) is 6.61 Å². The molecule has 0 aliphatic heterocycles. The van der Waals surface area contributed by atoms with Crippen LogP contribution in [-0.4, -0.2) is 25.3 Å². The Bertz CT molecular complexity index is 709. The Morgan fingerprint density at radius 2 is 1.75 bits per heavy atom. The van der Waals surface area contributed by atoms with Crippen LogP contribution >= 0.6 is 0 Å². The van der Waals surface area contributed by atoms with Crippen LogP contribution < -0.4 is 14.9 Å². The molecule has 0 saturated carbocycles. The zero-order valence-electron chi connectivity index (χ0n) is 14.2. The quantitative estimate of drug-likeness (QED) is 0.628. The van der Waals surface area contributed by atoms with Crippen molar-refractivity contribution in [2.45, 2.75) is 20.8 Å². The second-order valence-corrected chi connectivity index (χ2v) is 5.33. The van der Waals surface area contributed by atoms with Crippen LogP contribution in [0.15, 0.2) is 47.6 Å².